The van der Waals surface area contributed by atoms with Crippen LogP contribution in [-0.2, 0) is 14.3 Å². The van der Waals surface area contributed by atoms with Gasteiger partial charge in [-0.3, -0.25) is 9.59 Å². The molecule has 1 aliphatic carbocycles. The lowest BCUT2D eigenvalue weighted by Gasteiger charge is -2.36. The van der Waals surface area contributed by atoms with Gasteiger partial charge in [-0.25, -0.2) is 0 Å². The van der Waals surface area contributed by atoms with E-state index >= 15 is 0 Å². The first kappa shape index (κ1) is 20.0. The number of esters is 1. The molecule has 1 fully saturated rings. The van der Waals surface area contributed by atoms with Gasteiger partial charge in [0, 0.05) is 4.47 Å². The minimum absolute atomic E-state index is 0.0717. The van der Waals surface area contributed by atoms with Crippen LogP contribution in [0.4, 0.5) is 5.69 Å². The largest absolute Gasteiger partial charge is 0.455 e. The lowest BCUT2D eigenvalue weighted by Crippen LogP contribution is -2.31. The van der Waals surface area contributed by atoms with Gasteiger partial charge in [-0.15, -0.1) is 0 Å². The Labute approximate surface area is 158 Å². The number of ether oxygens (including phenoxy) is 1. The first-order valence-electron chi connectivity index (χ1n) is 8.89. The zero-order chi connectivity index (χ0) is 18.6. The smallest absolute Gasteiger partial charge is 0.309 e. The van der Waals surface area contributed by atoms with Crippen molar-refractivity contribution in [1.29, 1.82) is 0 Å². The molecule has 25 heavy (non-hydrogen) atoms. The van der Waals surface area contributed by atoms with Gasteiger partial charge in [0.2, 0.25) is 0 Å². The summed E-state index contributed by atoms with van der Waals surface area (Å²) in [6.07, 6.45) is 3.80. The summed E-state index contributed by atoms with van der Waals surface area (Å²) in [7, 11) is 0. The zero-order valence-electron chi connectivity index (χ0n) is 15.5. The second kappa shape index (κ2) is 8.35. The highest BCUT2D eigenvalue weighted by atomic mass is 79.9. The van der Waals surface area contributed by atoms with Crippen LogP contribution < -0.4 is 5.32 Å². The molecule has 0 heterocycles. The Hall–Kier alpha value is -1.36. The van der Waals surface area contributed by atoms with E-state index in [4.69, 9.17) is 4.74 Å². The van der Waals surface area contributed by atoms with E-state index in [-0.39, 0.29) is 29.8 Å². The van der Waals surface area contributed by atoms with Crippen molar-refractivity contribution in [1.82, 2.24) is 0 Å². The normalized spacial score (nSPS) is 20.8. The van der Waals surface area contributed by atoms with Crippen LogP contribution in [0.1, 0.15) is 52.0 Å². The van der Waals surface area contributed by atoms with E-state index in [1.807, 2.05) is 25.1 Å². The van der Waals surface area contributed by atoms with E-state index in [2.05, 4.69) is 42.0 Å². The Morgan fingerprint density at radius 3 is 2.40 bits per heavy atom. The molecule has 5 heteroatoms. The Bertz CT molecular complexity index is 628. The quantitative estimate of drug-likeness (QED) is 0.704. The van der Waals surface area contributed by atoms with E-state index in [0.717, 1.165) is 35.7 Å². The van der Waals surface area contributed by atoms with Crippen molar-refractivity contribution in [2.75, 3.05) is 11.9 Å². The molecule has 2 rings (SSSR count). The van der Waals surface area contributed by atoms with Gasteiger partial charge in [0.05, 0.1) is 11.6 Å². The molecule has 0 saturated heterocycles. The number of nitrogens with one attached hydrogen (secondary N) is 1. The fourth-order valence-electron chi connectivity index (χ4n) is 3.36. The number of benzene rings is 1. The molecule has 1 saturated carbocycles. The summed E-state index contributed by atoms with van der Waals surface area (Å²) in [4.78, 5) is 24.2. The minimum atomic E-state index is -0.318. The molecule has 1 aromatic rings. The van der Waals surface area contributed by atoms with Crippen LogP contribution in [0.25, 0.3) is 0 Å². The predicted octanol–water partition coefficient (Wildman–Crippen LogP) is 5.09. The maximum absolute atomic E-state index is 12.2. The molecule has 0 aliphatic heterocycles. The van der Waals surface area contributed by atoms with Crippen LogP contribution in [0.15, 0.2) is 22.7 Å². The Morgan fingerprint density at radius 2 is 1.84 bits per heavy atom. The topological polar surface area (TPSA) is 55.4 Å². The van der Waals surface area contributed by atoms with Crippen molar-refractivity contribution < 1.29 is 14.3 Å². The van der Waals surface area contributed by atoms with Gasteiger partial charge in [0.15, 0.2) is 6.61 Å². The van der Waals surface area contributed by atoms with Crippen LogP contribution >= 0.6 is 15.9 Å². The molecule has 0 aromatic heterocycles. The van der Waals surface area contributed by atoms with Gasteiger partial charge >= 0.3 is 5.97 Å². The number of halogens is 1. The van der Waals surface area contributed by atoms with Crippen LogP contribution in [-0.4, -0.2) is 18.5 Å². The third kappa shape index (κ3) is 5.84. The SMILES string of the molecule is Cc1ccc(NC(=O)COC(=O)C2CCC(C(C)(C)C)CC2)c(Br)c1. The maximum Gasteiger partial charge on any atom is 0.309 e. The summed E-state index contributed by atoms with van der Waals surface area (Å²) < 4.78 is 6.05. The summed E-state index contributed by atoms with van der Waals surface area (Å²) in [5.41, 5.74) is 2.07. The first-order chi connectivity index (χ1) is 11.7. The van der Waals surface area contributed by atoms with E-state index < -0.39 is 0 Å². The molecular weight excluding hydrogens is 382 g/mol. The molecule has 0 radical (unpaired) electrons. The highest BCUT2D eigenvalue weighted by molar-refractivity contribution is 9.10. The summed E-state index contributed by atoms with van der Waals surface area (Å²) in [5.74, 6) is 0.0167. The average molecular weight is 410 g/mol. The number of carbonyl (C=O) groups excluding carboxylic acids is 2. The van der Waals surface area contributed by atoms with E-state index in [9.17, 15) is 9.59 Å². The van der Waals surface area contributed by atoms with Gasteiger partial charge in [-0.05, 0) is 77.6 Å². The molecule has 4 nitrogen and oxygen atoms in total. The summed E-state index contributed by atoms with van der Waals surface area (Å²) in [6.45, 7) is 8.50. The molecule has 1 amide bonds. The molecule has 138 valence electrons. The van der Waals surface area contributed by atoms with Gasteiger partial charge in [0.25, 0.3) is 5.91 Å². The number of hydrogen-bond donors (Lipinski definition) is 1. The second-order valence-corrected chi connectivity index (χ2v) is 8.91. The third-order valence-electron chi connectivity index (χ3n) is 5.03. The Balaban J connectivity index is 1.77. The second-order valence-electron chi connectivity index (χ2n) is 8.05. The molecule has 0 unspecified atom stereocenters. The van der Waals surface area contributed by atoms with E-state index in [0.29, 0.717) is 11.6 Å². The fourth-order valence-corrected chi connectivity index (χ4v) is 3.95. The highest BCUT2D eigenvalue weighted by Gasteiger charge is 2.33. The summed E-state index contributed by atoms with van der Waals surface area (Å²) in [5, 5.41) is 2.76. The minimum Gasteiger partial charge on any atom is -0.455 e. The highest BCUT2D eigenvalue weighted by Crippen LogP contribution is 2.40. The van der Waals surface area contributed by atoms with Crippen molar-refractivity contribution in [2.45, 2.75) is 53.4 Å². The number of amides is 1. The molecule has 0 bridgehead atoms. The lowest BCUT2D eigenvalue weighted by atomic mass is 9.70. The van der Waals surface area contributed by atoms with Gasteiger partial charge < -0.3 is 10.1 Å². The van der Waals surface area contributed by atoms with Gasteiger partial charge in [-0.1, -0.05) is 26.8 Å². The number of aryl methyl sites for hydroxylation is 1. The number of rotatable bonds is 4. The molecule has 1 aromatic carbocycles. The molecule has 0 spiro atoms. The Kier molecular flexibility index (Phi) is 6.66. The zero-order valence-corrected chi connectivity index (χ0v) is 17.1. The van der Waals surface area contributed by atoms with Crippen LogP contribution in [0, 0.1) is 24.2 Å². The van der Waals surface area contributed by atoms with Crippen molar-refractivity contribution in [3.05, 3.63) is 28.2 Å². The van der Waals surface area contributed by atoms with E-state index in [1.165, 1.54) is 0 Å². The lowest BCUT2D eigenvalue weighted by molar-refractivity contribution is -0.153. The predicted molar refractivity (Wildman–Crippen MR) is 103 cm³/mol. The third-order valence-corrected chi connectivity index (χ3v) is 5.69. The molecule has 1 N–H and O–H groups in total. The van der Waals surface area contributed by atoms with Gasteiger partial charge in [0.1, 0.15) is 0 Å². The number of hydrogen-bond acceptors (Lipinski definition) is 3. The molecular formula is C20H28BrNO3. The molecule has 0 atom stereocenters. The standard InChI is InChI=1S/C20H28BrNO3/c1-13-5-10-17(16(21)11-13)22-18(23)12-25-19(24)14-6-8-15(9-7-14)20(2,3)4/h5,10-11,14-15H,6-9,12H2,1-4H3,(H,22,23). The van der Waals surface area contributed by atoms with Crippen molar-refractivity contribution >= 4 is 33.5 Å². The average Bonchev–Trinajstić information content (AvgIpc) is 2.54. The number of carbonyl (C=O) groups is 2. The summed E-state index contributed by atoms with van der Waals surface area (Å²) >= 11 is 3.42. The van der Waals surface area contributed by atoms with Crippen molar-refractivity contribution in [3.8, 4) is 0 Å². The van der Waals surface area contributed by atoms with Crippen LogP contribution in [0.5, 0.6) is 0 Å². The first-order valence-corrected chi connectivity index (χ1v) is 9.68. The van der Waals surface area contributed by atoms with Crippen molar-refractivity contribution in [3.63, 3.8) is 0 Å². The van der Waals surface area contributed by atoms with Crippen LogP contribution in [0.2, 0.25) is 0 Å². The summed E-state index contributed by atoms with van der Waals surface area (Å²) in [6, 6.07) is 5.67. The fraction of sp³-hybridized carbons (Fsp3) is 0.600. The van der Waals surface area contributed by atoms with Crippen molar-refractivity contribution in [2.24, 2.45) is 17.3 Å². The maximum atomic E-state index is 12.2. The molecule has 1 aliphatic rings. The van der Waals surface area contributed by atoms with E-state index in [1.54, 1.807) is 0 Å². The number of anilines is 1. The Morgan fingerprint density at radius 1 is 1.20 bits per heavy atom. The van der Waals surface area contributed by atoms with Crippen LogP contribution in [0.3, 0.4) is 0 Å². The monoisotopic (exact) mass is 409 g/mol. The van der Waals surface area contributed by atoms with Gasteiger partial charge in [-0.2, -0.15) is 0 Å².